The zero-order valence-corrected chi connectivity index (χ0v) is 5.38. The van der Waals surface area contributed by atoms with E-state index in [0.29, 0.717) is 0 Å². The number of nitrogens with two attached hydrogens (primary N) is 2. The fourth-order valence-corrected chi connectivity index (χ4v) is 0.0781. The lowest BCUT2D eigenvalue weighted by Gasteiger charge is -1.96. The zero-order valence-electron chi connectivity index (χ0n) is 4.62. The fourth-order valence-electron chi connectivity index (χ4n) is 0.0781. The molecule has 9 heavy (non-hydrogen) atoms. The van der Waals surface area contributed by atoms with Crippen molar-refractivity contribution in [3.63, 3.8) is 0 Å². The summed E-state index contributed by atoms with van der Waals surface area (Å²) in [5.74, 6) is -1.18. The van der Waals surface area contributed by atoms with Gasteiger partial charge in [-0.2, -0.15) is 0 Å². The first-order chi connectivity index (χ1) is 4.18. The van der Waals surface area contributed by atoms with E-state index in [4.69, 9.17) is 15.9 Å². The van der Waals surface area contributed by atoms with E-state index in [9.17, 15) is 4.79 Å². The second kappa shape index (κ2) is 7.64. The first-order valence-corrected chi connectivity index (χ1v) is 2.43. The van der Waals surface area contributed by atoms with Crippen LogP contribution in [0.25, 0.3) is 0 Å². The van der Waals surface area contributed by atoms with E-state index in [-0.39, 0.29) is 0 Å². The molecule has 0 aliphatic heterocycles. The molecule has 0 heterocycles. The van der Waals surface area contributed by atoms with Gasteiger partial charge in [-0.3, -0.25) is 4.79 Å². The van der Waals surface area contributed by atoms with Gasteiger partial charge >= 0.3 is 5.97 Å². The summed E-state index contributed by atoms with van der Waals surface area (Å²) in [6.45, 7) is -0.505. The van der Waals surface area contributed by atoms with Crippen LogP contribution in [0.5, 0.6) is 0 Å². The quantitative estimate of drug-likeness (QED) is 0.364. The Kier molecular flexibility index (Phi) is 9.71. The van der Waals surface area contributed by atoms with Crippen molar-refractivity contribution in [1.29, 1.82) is 0 Å². The Bertz CT molecular complexity index is 79.5. The van der Waals surface area contributed by atoms with Gasteiger partial charge in [0, 0.05) is 0 Å². The van der Waals surface area contributed by atoms with Crippen LogP contribution in [0.1, 0.15) is 0 Å². The molecule has 6 heteroatoms. The SMILES string of the molecule is NCl.N[C@@H](CO)C(=O)O. The molecule has 0 unspecified atom stereocenters. The molecule has 0 aromatic rings. The van der Waals surface area contributed by atoms with Gasteiger partial charge in [-0.15, -0.1) is 0 Å². The molecule has 6 N–H and O–H groups in total. The monoisotopic (exact) mass is 156 g/mol. The third-order valence-corrected chi connectivity index (χ3v) is 0.514. The van der Waals surface area contributed by atoms with Crippen LogP contribution in [-0.2, 0) is 4.79 Å². The van der Waals surface area contributed by atoms with Gasteiger partial charge in [0.25, 0.3) is 0 Å². The average molecular weight is 157 g/mol. The van der Waals surface area contributed by atoms with Crippen molar-refractivity contribution in [2.24, 2.45) is 11.0 Å². The van der Waals surface area contributed by atoms with E-state index in [1.54, 1.807) is 0 Å². The number of aliphatic carboxylic acids is 1. The van der Waals surface area contributed by atoms with Gasteiger partial charge in [0.2, 0.25) is 0 Å². The van der Waals surface area contributed by atoms with Crippen molar-refractivity contribution >= 4 is 17.7 Å². The van der Waals surface area contributed by atoms with Crippen LogP contribution in [0.2, 0.25) is 0 Å². The Labute approximate surface area is 57.3 Å². The molecular formula is C3H9ClN2O3. The third kappa shape index (κ3) is 7.64. The summed E-state index contributed by atoms with van der Waals surface area (Å²) < 4.78 is 0. The van der Waals surface area contributed by atoms with Gasteiger partial charge in [0.15, 0.2) is 0 Å². The van der Waals surface area contributed by atoms with E-state index < -0.39 is 18.6 Å². The number of aliphatic hydroxyl groups is 1. The zero-order chi connectivity index (χ0) is 7.86. The lowest BCUT2D eigenvalue weighted by atomic mass is 10.3. The van der Waals surface area contributed by atoms with Crippen LogP contribution >= 0.6 is 11.8 Å². The van der Waals surface area contributed by atoms with Crippen LogP contribution in [0.4, 0.5) is 0 Å². The second-order valence-electron chi connectivity index (χ2n) is 1.13. The molecule has 0 rings (SSSR count). The Morgan fingerprint density at radius 2 is 2.00 bits per heavy atom. The summed E-state index contributed by atoms with van der Waals surface area (Å²) in [5.41, 5.74) is 4.77. The van der Waals surface area contributed by atoms with Crippen LogP contribution in [-0.4, -0.2) is 28.8 Å². The number of carboxylic acids is 1. The summed E-state index contributed by atoms with van der Waals surface area (Å²) in [6.07, 6.45) is 0. The number of carbonyl (C=O) groups is 1. The molecule has 1 atom stereocenters. The first-order valence-electron chi connectivity index (χ1n) is 1.99. The maximum absolute atomic E-state index is 9.65. The maximum atomic E-state index is 9.65. The number of hydrogen-bond donors (Lipinski definition) is 4. The lowest BCUT2D eigenvalue weighted by molar-refractivity contribution is -0.139. The molecule has 0 aliphatic carbocycles. The van der Waals surface area contributed by atoms with E-state index in [1.165, 1.54) is 0 Å². The molecule has 0 aromatic carbocycles. The Morgan fingerprint density at radius 3 is 2.00 bits per heavy atom. The van der Waals surface area contributed by atoms with Crippen LogP contribution in [0.3, 0.4) is 0 Å². The Balaban J connectivity index is 0. The maximum Gasteiger partial charge on any atom is 0.322 e. The van der Waals surface area contributed by atoms with Crippen molar-refractivity contribution in [3.8, 4) is 0 Å². The Hall–Kier alpha value is -0.360. The molecule has 0 radical (unpaired) electrons. The minimum atomic E-state index is -1.18. The van der Waals surface area contributed by atoms with Crippen molar-refractivity contribution in [2.45, 2.75) is 6.04 Å². The van der Waals surface area contributed by atoms with Crippen molar-refractivity contribution in [2.75, 3.05) is 6.61 Å². The molecule has 0 bridgehead atoms. The average Bonchev–Trinajstić information content (AvgIpc) is 1.91. The fraction of sp³-hybridized carbons (Fsp3) is 0.667. The van der Waals surface area contributed by atoms with E-state index in [1.807, 2.05) is 0 Å². The van der Waals surface area contributed by atoms with Gasteiger partial charge in [0.05, 0.1) is 6.61 Å². The van der Waals surface area contributed by atoms with Gasteiger partial charge in [-0.05, 0) is 11.8 Å². The summed E-state index contributed by atoms with van der Waals surface area (Å²) in [5, 5.41) is 19.9. The lowest BCUT2D eigenvalue weighted by Crippen LogP contribution is -2.33. The Morgan fingerprint density at radius 1 is 1.67 bits per heavy atom. The summed E-state index contributed by atoms with van der Waals surface area (Å²) in [7, 11) is 0. The molecule has 0 amide bonds. The molecular weight excluding hydrogens is 147 g/mol. The van der Waals surface area contributed by atoms with E-state index in [0.717, 1.165) is 0 Å². The second-order valence-corrected chi connectivity index (χ2v) is 1.13. The smallest absolute Gasteiger partial charge is 0.322 e. The molecule has 0 aromatic heterocycles. The molecule has 0 aliphatic rings. The summed E-state index contributed by atoms with van der Waals surface area (Å²) in [6, 6.07) is -1.13. The molecule has 0 fully saturated rings. The van der Waals surface area contributed by atoms with Crippen LogP contribution in [0, 0.1) is 0 Å². The topological polar surface area (TPSA) is 110 Å². The van der Waals surface area contributed by atoms with Crippen molar-refractivity contribution < 1.29 is 15.0 Å². The highest BCUT2D eigenvalue weighted by molar-refractivity contribution is 6.11. The van der Waals surface area contributed by atoms with Crippen molar-refractivity contribution in [1.82, 2.24) is 0 Å². The molecule has 5 nitrogen and oxygen atoms in total. The number of aliphatic hydroxyl groups excluding tert-OH is 1. The molecule has 0 saturated carbocycles. The predicted octanol–water partition coefficient (Wildman–Crippen LogP) is -1.51. The van der Waals surface area contributed by atoms with E-state index >= 15 is 0 Å². The summed E-state index contributed by atoms with van der Waals surface area (Å²) >= 11 is 4.14. The van der Waals surface area contributed by atoms with Gasteiger partial charge in [-0.1, -0.05) is 0 Å². The minimum absolute atomic E-state index is 0.505. The standard InChI is InChI=1S/C3H7NO3.ClH2N/c4-2(1-5)3(6)7;1-2/h2,5H,1,4H2,(H,6,7);2H2/t2-;/m0./s1. The highest BCUT2D eigenvalue weighted by atomic mass is 35.5. The number of halogens is 1. The van der Waals surface area contributed by atoms with Gasteiger partial charge in [-0.25, -0.2) is 5.25 Å². The first kappa shape index (κ1) is 11.4. The number of hydrogen-bond acceptors (Lipinski definition) is 4. The molecule has 56 valence electrons. The number of carboxylic acid groups (broad SMARTS) is 1. The third-order valence-electron chi connectivity index (χ3n) is 0.514. The molecule has 0 spiro atoms. The number of rotatable bonds is 2. The van der Waals surface area contributed by atoms with Gasteiger partial charge in [0.1, 0.15) is 6.04 Å². The van der Waals surface area contributed by atoms with E-state index in [2.05, 4.69) is 17.0 Å². The largest absolute Gasteiger partial charge is 0.480 e. The van der Waals surface area contributed by atoms with Crippen LogP contribution < -0.4 is 11.0 Å². The molecule has 0 saturated heterocycles. The highest BCUT2D eigenvalue weighted by Crippen LogP contribution is 1.71. The highest BCUT2D eigenvalue weighted by Gasteiger charge is 2.06. The van der Waals surface area contributed by atoms with Gasteiger partial charge < -0.3 is 15.9 Å². The minimum Gasteiger partial charge on any atom is -0.480 e. The normalized spacial score (nSPS) is 11.1. The van der Waals surface area contributed by atoms with Crippen LogP contribution in [0.15, 0.2) is 0 Å². The van der Waals surface area contributed by atoms with Crippen molar-refractivity contribution in [3.05, 3.63) is 0 Å². The summed E-state index contributed by atoms with van der Waals surface area (Å²) in [4.78, 5) is 9.65. The predicted molar refractivity (Wildman–Crippen MR) is 32.7 cm³/mol.